The summed E-state index contributed by atoms with van der Waals surface area (Å²) in [7, 11) is 0. The number of aryl methyl sites for hydroxylation is 3. The van der Waals surface area contributed by atoms with Gasteiger partial charge in [-0.15, -0.1) is 0 Å². The van der Waals surface area contributed by atoms with Crippen LogP contribution in [0.5, 0.6) is 5.75 Å². The van der Waals surface area contributed by atoms with E-state index in [1.807, 2.05) is 49.7 Å². The molecule has 34 heavy (non-hydrogen) atoms. The molecule has 1 aromatic heterocycles. The van der Waals surface area contributed by atoms with E-state index in [2.05, 4.69) is 41.6 Å². The molecule has 2 aromatic carbocycles. The van der Waals surface area contributed by atoms with Gasteiger partial charge < -0.3 is 14.8 Å². The van der Waals surface area contributed by atoms with E-state index in [1.54, 1.807) is 6.08 Å². The Kier molecular flexibility index (Phi) is 8.62. The molecule has 0 fully saturated rings. The third kappa shape index (κ3) is 7.33. The molecule has 0 saturated heterocycles. The zero-order valence-corrected chi connectivity index (χ0v) is 20.1. The maximum atomic E-state index is 12.1. The van der Waals surface area contributed by atoms with E-state index in [-0.39, 0.29) is 12.5 Å². The molecule has 1 N–H and O–H groups in total. The number of carbonyl (C=O) groups is 2. The SMILES string of the molecule is Cc1ccc(Cn2nc(C)c(/C=C/C(=O)OCC(=O)NCCOc3cccc(C)c3)c2C)cc1. The predicted octanol–water partition coefficient (Wildman–Crippen LogP) is 3.92. The van der Waals surface area contributed by atoms with Crippen LogP contribution in [0.3, 0.4) is 0 Å². The van der Waals surface area contributed by atoms with Crippen molar-refractivity contribution in [1.29, 1.82) is 0 Å². The molecule has 0 aliphatic heterocycles. The van der Waals surface area contributed by atoms with Gasteiger partial charge in [0, 0.05) is 17.3 Å². The minimum atomic E-state index is -0.587. The van der Waals surface area contributed by atoms with Crippen LogP contribution in [-0.4, -0.2) is 41.4 Å². The van der Waals surface area contributed by atoms with Gasteiger partial charge >= 0.3 is 5.97 Å². The second kappa shape index (κ2) is 11.8. The summed E-state index contributed by atoms with van der Waals surface area (Å²) in [4.78, 5) is 24.0. The van der Waals surface area contributed by atoms with Crippen LogP contribution < -0.4 is 10.1 Å². The summed E-state index contributed by atoms with van der Waals surface area (Å²) < 4.78 is 12.5. The zero-order valence-electron chi connectivity index (χ0n) is 20.1. The molecule has 1 amide bonds. The highest BCUT2D eigenvalue weighted by atomic mass is 16.5. The summed E-state index contributed by atoms with van der Waals surface area (Å²) in [6.45, 7) is 8.85. The third-order valence-electron chi connectivity index (χ3n) is 5.30. The second-order valence-electron chi connectivity index (χ2n) is 8.18. The fourth-order valence-corrected chi connectivity index (χ4v) is 3.42. The average Bonchev–Trinajstić information content (AvgIpc) is 3.07. The predicted molar refractivity (Wildman–Crippen MR) is 132 cm³/mol. The standard InChI is InChI=1S/C27H31N3O4/c1-19-8-10-23(11-9-19)17-30-22(4)25(21(3)29-30)12-13-27(32)34-18-26(31)28-14-15-33-24-7-5-6-20(2)16-24/h5-13,16H,14-15,17-18H2,1-4H3,(H,28,31)/b13-12+. The summed E-state index contributed by atoms with van der Waals surface area (Å²) in [6, 6.07) is 16.0. The molecule has 0 aliphatic rings. The fourth-order valence-electron chi connectivity index (χ4n) is 3.42. The minimum absolute atomic E-state index is 0.318. The molecular formula is C27H31N3O4. The Hall–Kier alpha value is -3.87. The lowest BCUT2D eigenvalue weighted by Gasteiger charge is -2.08. The Labute approximate surface area is 200 Å². The smallest absolute Gasteiger partial charge is 0.331 e. The van der Waals surface area contributed by atoms with E-state index < -0.39 is 5.97 Å². The second-order valence-corrected chi connectivity index (χ2v) is 8.18. The van der Waals surface area contributed by atoms with E-state index in [4.69, 9.17) is 9.47 Å². The molecule has 0 bridgehead atoms. The Morgan fingerprint density at radius 2 is 1.79 bits per heavy atom. The van der Waals surface area contributed by atoms with Crippen LogP contribution in [0.1, 0.15) is 33.6 Å². The topological polar surface area (TPSA) is 82.5 Å². The maximum absolute atomic E-state index is 12.1. The largest absolute Gasteiger partial charge is 0.492 e. The van der Waals surface area contributed by atoms with Crippen LogP contribution in [0, 0.1) is 27.7 Å². The highest BCUT2D eigenvalue weighted by Crippen LogP contribution is 2.17. The van der Waals surface area contributed by atoms with Crippen LogP contribution in [0.2, 0.25) is 0 Å². The van der Waals surface area contributed by atoms with Gasteiger partial charge in [-0.1, -0.05) is 42.0 Å². The highest BCUT2D eigenvalue weighted by molar-refractivity contribution is 5.89. The van der Waals surface area contributed by atoms with Crippen LogP contribution in [0.25, 0.3) is 6.08 Å². The average molecular weight is 462 g/mol. The molecule has 1 heterocycles. The van der Waals surface area contributed by atoms with Crippen molar-refractivity contribution in [2.45, 2.75) is 34.2 Å². The number of esters is 1. The van der Waals surface area contributed by atoms with Crippen LogP contribution in [0.4, 0.5) is 0 Å². The molecule has 0 atom stereocenters. The first-order valence-electron chi connectivity index (χ1n) is 11.2. The number of hydrogen-bond donors (Lipinski definition) is 1. The van der Waals surface area contributed by atoms with Crippen molar-refractivity contribution < 1.29 is 19.1 Å². The molecule has 0 aliphatic carbocycles. The summed E-state index contributed by atoms with van der Waals surface area (Å²) in [5.41, 5.74) is 6.10. The van der Waals surface area contributed by atoms with E-state index in [0.29, 0.717) is 19.7 Å². The Bertz CT molecular complexity index is 1160. The number of carbonyl (C=O) groups excluding carboxylic acids is 2. The van der Waals surface area contributed by atoms with Gasteiger partial charge in [0.25, 0.3) is 5.91 Å². The summed E-state index contributed by atoms with van der Waals surface area (Å²) >= 11 is 0. The minimum Gasteiger partial charge on any atom is -0.492 e. The quantitative estimate of drug-likeness (QED) is 0.281. The van der Waals surface area contributed by atoms with Crippen LogP contribution in [-0.2, 0) is 20.9 Å². The number of nitrogens with zero attached hydrogens (tertiary/aromatic N) is 2. The van der Waals surface area contributed by atoms with Gasteiger partial charge in [-0.2, -0.15) is 5.10 Å². The molecule has 7 nitrogen and oxygen atoms in total. The zero-order chi connectivity index (χ0) is 24.5. The van der Waals surface area contributed by atoms with Crippen molar-refractivity contribution in [2.24, 2.45) is 0 Å². The van der Waals surface area contributed by atoms with E-state index in [9.17, 15) is 9.59 Å². The van der Waals surface area contributed by atoms with Crippen molar-refractivity contribution >= 4 is 18.0 Å². The summed E-state index contributed by atoms with van der Waals surface area (Å²) in [6.07, 6.45) is 3.00. The van der Waals surface area contributed by atoms with Crippen molar-refractivity contribution in [3.63, 3.8) is 0 Å². The third-order valence-corrected chi connectivity index (χ3v) is 5.30. The van der Waals surface area contributed by atoms with E-state index in [1.165, 1.54) is 11.6 Å². The number of rotatable bonds is 10. The van der Waals surface area contributed by atoms with Crippen LogP contribution in [0.15, 0.2) is 54.6 Å². The first-order chi connectivity index (χ1) is 16.3. The number of hydrogen-bond acceptors (Lipinski definition) is 5. The Morgan fingerprint density at radius 3 is 2.53 bits per heavy atom. The lowest BCUT2D eigenvalue weighted by molar-refractivity contribution is -0.143. The normalized spacial score (nSPS) is 10.9. The monoisotopic (exact) mass is 461 g/mol. The first kappa shape index (κ1) is 24.8. The first-order valence-corrected chi connectivity index (χ1v) is 11.2. The number of ether oxygens (including phenoxy) is 2. The summed E-state index contributed by atoms with van der Waals surface area (Å²) in [5, 5.41) is 7.25. The Morgan fingerprint density at radius 1 is 1.03 bits per heavy atom. The van der Waals surface area contributed by atoms with Gasteiger partial charge in [-0.05, 0) is 57.0 Å². The van der Waals surface area contributed by atoms with Crippen LogP contribution >= 0.6 is 0 Å². The molecule has 0 radical (unpaired) electrons. The van der Waals surface area contributed by atoms with E-state index >= 15 is 0 Å². The lowest BCUT2D eigenvalue weighted by atomic mass is 10.1. The molecule has 178 valence electrons. The van der Waals surface area contributed by atoms with Crippen molar-refractivity contribution in [1.82, 2.24) is 15.1 Å². The molecular weight excluding hydrogens is 430 g/mol. The van der Waals surface area contributed by atoms with Gasteiger partial charge in [0.05, 0.1) is 18.8 Å². The molecule has 0 saturated carbocycles. The maximum Gasteiger partial charge on any atom is 0.331 e. The fraction of sp³-hybridized carbons (Fsp3) is 0.296. The van der Waals surface area contributed by atoms with Gasteiger partial charge in [0.15, 0.2) is 6.61 Å². The van der Waals surface area contributed by atoms with E-state index in [0.717, 1.165) is 33.8 Å². The molecule has 3 rings (SSSR count). The Balaban J connectivity index is 1.43. The van der Waals surface area contributed by atoms with Crippen molar-refractivity contribution in [3.05, 3.63) is 88.2 Å². The van der Waals surface area contributed by atoms with Crippen molar-refractivity contribution in [2.75, 3.05) is 19.8 Å². The molecule has 7 heteroatoms. The lowest BCUT2D eigenvalue weighted by Crippen LogP contribution is -2.31. The van der Waals surface area contributed by atoms with Gasteiger partial charge in [0.1, 0.15) is 12.4 Å². The van der Waals surface area contributed by atoms with Crippen molar-refractivity contribution in [3.8, 4) is 5.75 Å². The summed E-state index contributed by atoms with van der Waals surface area (Å²) in [5.74, 6) is -0.220. The number of aromatic nitrogens is 2. The molecule has 0 spiro atoms. The number of amides is 1. The molecule has 0 unspecified atom stereocenters. The van der Waals surface area contributed by atoms with Gasteiger partial charge in [-0.25, -0.2) is 4.79 Å². The van der Waals surface area contributed by atoms with Gasteiger partial charge in [-0.3, -0.25) is 9.48 Å². The van der Waals surface area contributed by atoms with Gasteiger partial charge in [0.2, 0.25) is 0 Å². The highest BCUT2D eigenvalue weighted by Gasteiger charge is 2.11. The number of nitrogens with one attached hydrogen (secondary N) is 1. The number of benzene rings is 2. The molecule has 3 aromatic rings.